The van der Waals surface area contributed by atoms with E-state index in [1.54, 1.807) is 0 Å². The summed E-state index contributed by atoms with van der Waals surface area (Å²) in [6.07, 6.45) is 5.55. The molecule has 0 spiro atoms. The smallest absolute Gasteiger partial charge is 0.227 e. The van der Waals surface area contributed by atoms with Gasteiger partial charge in [0.25, 0.3) is 0 Å². The molecule has 2 amide bonds. The average Bonchev–Trinajstić information content (AvgIpc) is 2.68. The number of nitrogens with one attached hydrogen (secondary N) is 1. The highest BCUT2D eigenvalue weighted by molar-refractivity contribution is 5.92. The lowest BCUT2D eigenvalue weighted by atomic mass is 9.80. The summed E-state index contributed by atoms with van der Waals surface area (Å²) in [5.74, 6) is 1.29. The minimum absolute atomic E-state index is 0.0210. The van der Waals surface area contributed by atoms with Crippen LogP contribution >= 0.6 is 0 Å². The Labute approximate surface area is 170 Å². The van der Waals surface area contributed by atoms with Gasteiger partial charge in [0.15, 0.2) is 0 Å². The van der Waals surface area contributed by atoms with Crippen LogP contribution in [0.4, 0.5) is 5.69 Å². The molecule has 1 saturated heterocycles. The lowest BCUT2D eigenvalue weighted by Crippen LogP contribution is -2.42. The number of hydrogen-bond acceptors (Lipinski definition) is 2. The number of likely N-dealkylation sites (tertiary alicyclic amines) is 1. The van der Waals surface area contributed by atoms with Gasteiger partial charge in [0, 0.05) is 30.6 Å². The number of piperidine rings is 1. The van der Waals surface area contributed by atoms with Crippen LogP contribution in [-0.4, -0.2) is 29.8 Å². The molecule has 0 unspecified atom stereocenters. The summed E-state index contributed by atoms with van der Waals surface area (Å²) in [6, 6.07) is 8.16. The van der Waals surface area contributed by atoms with E-state index in [0.717, 1.165) is 63.2 Å². The molecule has 1 heterocycles. The third-order valence-corrected chi connectivity index (χ3v) is 6.56. The Bertz CT molecular complexity index is 674. The van der Waals surface area contributed by atoms with Gasteiger partial charge in [0.1, 0.15) is 0 Å². The Morgan fingerprint density at radius 2 is 1.43 bits per heavy atom. The molecule has 0 bridgehead atoms. The Kier molecular flexibility index (Phi) is 6.47. The SMILES string of the molecule is CC1CCN(C(=O)C2CCC(C(=O)Nc3ccc(C(C)(C)C)cc3)CC2)CC1. The quantitative estimate of drug-likeness (QED) is 0.798. The summed E-state index contributed by atoms with van der Waals surface area (Å²) < 4.78 is 0. The Morgan fingerprint density at radius 3 is 1.96 bits per heavy atom. The third-order valence-electron chi connectivity index (χ3n) is 6.56. The highest BCUT2D eigenvalue weighted by atomic mass is 16.2. The molecule has 1 N–H and O–H groups in total. The zero-order valence-corrected chi connectivity index (χ0v) is 18.0. The zero-order valence-electron chi connectivity index (χ0n) is 18.0. The van der Waals surface area contributed by atoms with Crippen LogP contribution in [0.3, 0.4) is 0 Å². The average molecular weight is 385 g/mol. The standard InChI is InChI=1S/C24H36N2O2/c1-17-13-15-26(16-14-17)23(28)19-7-5-18(6-8-19)22(27)25-21-11-9-20(10-12-21)24(2,3)4/h9-12,17-19H,5-8,13-16H2,1-4H3,(H,25,27). The van der Waals surface area contributed by atoms with Crippen molar-refractivity contribution in [3.05, 3.63) is 29.8 Å². The van der Waals surface area contributed by atoms with Crippen molar-refractivity contribution in [1.82, 2.24) is 4.90 Å². The van der Waals surface area contributed by atoms with Crippen molar-refractivity contribution in [3.8, 4) is 0 Å². The van der Waals surface area contributed by atoms with Crippen LogP contribution < -0.4 is 5.32 Å². The first kappa shape index (κ1) is 20.9. The molecule has 2 fully saturated rings. The second-order valence-electron chi connectivity index (χ2n) is 9.87. The summed E-state index contributed by atoms with van der Waals surface area (Å²) in [6.45, 7) is 10.6. The fraction of sp³-hybridized carbons (Fsp3) is 0.667. The Morgan fingerprint density at radius 1 is 0.893 bits per heavy atom. The van der Waals surface area contributed by atoms with Crippen molar-refractivity contribution in [2.45, 2.75) is 71.6 Å². The maximum absolute atomic E-state index is 12.8. The van der Waals surface area contributed by atoms with Crippen LogP contribution in [0.1, 0.15) is 71.8 Å². The molecule has 1 saturated carbocycles. The highest BCUT2D eigenvalue weighted by Gasteiger charge is 2.33. The molecule has 0 atom stereocenters. The van der Waals surface area contributed by atoms with Gasteiger partial charge in [-0.05, 0) is 67.6 Å². The predicted molar refractivity (Wildman–Crippen MR) is 114 cm³/mol. The summed E-state index contributed by atoms with van der Waals surface area (Å²) in [7, 11) is 0. The molecule has 0 radical (unpaired) electrons. The maximum atomic E-state index is 12.8. The minimum atomic E-state index is 0.0210. The van der Waals surface area contributed by atoms with E-state index in [1.165, 1.54) is 5.56 Å². The van der Waals surface area contributed by atoms with E-state index in [2.05, 4.69) is 50.0 Å². The predicted octanol–water partition coefficient (Wildman–Crippen LogP) is 4.99. The number of carbonyl (C=O) groups excluding carboxylic acids is 2. The van der Waals surface area contributed by atoms with E-state index >= 15 is 0 Å². The van der Waals surface area contributed by atoms with Gasteiger partial charge < -0.3 is 10.2 Å². The molecular weight excluding hydrogens is 348 g/mol. The molecule has 2 aliphatic rings. The number of nitrogens with zero attached hydrogens (tertiary/aromatic N) is 1. The van der Waals surface area contributed by atoms with Crippen molar-refractivity contribution in [2.24, 2.45) is 17.8 Å². The number of anilines is 1. The van der Waals surface area contributed by atoms with Crippen LogP contribution in [0.2, 0.25) is 0 Å². The lowest BCUT2D eigenvalue weighted by molar-refractivity contribution is -0.139. The molecule has 0 aromatic heterocycles. The molecular formula is C24H36N2O2. The van der Waals surface area contributed by atoms with Crippen LogP contribution in [0.25, 0.3) is 0 Å². The first-order valence-electron chi connectivity index (χ1n) is 10.9. The molecule has 4 nitrogen and oxygen atoms in total. The third kappa shape index (κ3) is 5.15. The zero-order chi connectivity index (χ0) is 20.3. The van der Waals surface area contributed by atoms with Crippen LogP contribution in [0, 0.1) is 17.8 Å². The normalized spacial score (nSPS) is 24.1. The van der Waals surface area contributed by atoms with E-state index in [0.29, 0.717) is 5.91 Å². The highest BCUT2D eigenvalue weighted by Crippen LogP contribution is 2.32. The molecule has 3 rings (SSSR count). The van der Waals surface area contributed by atoms with Crippen molar-refractivity contribution in [2.75, 3.05) is 18.4 Å². The van der Waals surface area contributed by atoms with Gasteiger partial charge in [0.05, 0.1) is 0 Å². The van der Waals surface area contributed by atoms with E-state index in [4.69, 9.17) is 0 Å². The molecule has 1 aliphatic carbocycles. The van der Waals surface area contributed by atoms with E-state index < -0.39 is 0 Å². The van der Waals surface area contributed by atoms with Crippen molar-refractivity contribution < 1.29 is 9.59 Å². The Balaban J connectivity index is 1.48. The maximum Gasteiger partial charge on any atom is 0.227 e. The number of benzene rings is 1. The number of amides is 2. The van der Waals surface area contributed by atoms with Gasteiger partial charge in [-0.15, -0.1) is 0 Å². The van der Waals surface area contributed by atoms with Crippen LogP contribution in [0.5, 0.6) is 0 Å². The lowest BCUT2D eigenvalue weighted by Gasteiger charge is -2.35. The van der Waals surface area contributed by atoms with E-state index in [-0.39, 0.29) is 23.2 Å². The molecule has 1 aromatic rings. The summed E-state index contributed by atoms with van der Waals surface area (Å²) in [5, 5.41) is 3.07. The van der Waals surface area contributed by atoms with Gasteiger partial charge >= 0.3 is 0 Å². The van der Waals surface area contributed by atoms with Gasteiger partial charge in [-0.3, -0.25) is 9.59 Å². The van der Waals surface area contributed by atoms with Gasteiger partial charge in [-0.25, -0.2) is 0 Å². The number of carbonyl (C=O) groups is 2. The second kappa shape index (κ2) is 8.67. The van der Waals surface area contributed by atoms with E-state index in [9.17, 15) is 9.59 Å². The van der Waals surface area contributed by atoms with E-state index in [1.807, 2.05) is 12.1 Å². The molecule has 28 heavy (non-hydrogen) atoms. The van der Waals surface area contributed by atoms with Crippen molar-refractivity contribution in [3.63, 3.8) is 0 Å². The van der Waals surface area contributed by atoms with Crippen LogP contribution in [0.15, 0.2) is 24.3 Å². The Hall–Kier alpha value is -1.84. The summed E-state index contributed by atoms with van der Waals surface area (Å²) in [5.41, 5.74) is 2.23. The van der Waals surface area contributed by atoms with Crippen molar-refractivity contribution in [1.29, 1.82) is 0 Å². The first-order chi connectivity index (χ1) is 13.2. The molecule has 1 aromatic carbocycles. The summed E-state index contributed by atoms with van der Waals surface area (Å²) >= 11 is 0. The fourth-order valence-electron chi connectivity index (χ4n) is 4.39. The molecule has 154 valence electrons. The second-order valence-corrected chi connectivity index (χ2v) is 9.87. The number of rotatable bonds is 3. The molecule has 4 heteroatoms. The number of hydrogen-bond donors (Lipinski definition) is 1. The van der Waals surface area contributed by atoms with Gasteiger partial charge in [-0.2, -0.15) is 0 Å². The topological polar surface area (TPSA) is 49.4 Å². The molecule has 1 aliphatic heterocycles. The monoisotopic (exact) mass is 384 g/mol. The summed E-state index contributed by atoms with van der Waals surface area (Å²) in [4.78, 5) is 27.5. The van der Waals surface area contributed by atoms with Gasteiger partial charge in [-0.1, -0.05) is 39.8 Å². The van der Waals surface area contributed by atoms with Crippen molar-refractivity contribution >= 4 is 17.5 Å². The van der Waals surface area contributed by atoms with Crippen LogP contribution in [-0.2, 0) is 15.0 Å². The fourth-order valence-corrected chi connectivity index (χ4v) is 4.39. The minimum Gasteiger partial charge on any atom is -0.342 e. The largest absolute Gasteiger partial charge is 0.342 e. The first-order valence-corrected chi connectivity index (χ1v) is 10.9. The van der Waals surface area contributed by atoms with Gasteiger partial charge in [0.2, 0.25) is 11.8 Å².